The Bertz CT molecular complexity index is 1060. The normalized spacial score (nSPS) is 10.7. The number of hydrogen-bond acceptors (Lipinski definition) is 7. The summed E-state index contributed by atoms with van der Waals surface area (Å²) < 4.78 is 21.0. The minimum absolute atomic E-state index is 0.00551. The van der Waals surface area contributed by atoms with E-state index in [0.717, 1.165) is 0 Å². The summed E-state index contributed by atoms with van der Waals surface area (Å²) in [5.74, 6) is -0.263. The predicted molar refractivity (Wildman–Crippen MR) is 92.2 cm³/mol. The molecule has 0 spiro atoms. The molecule has 0 aliphatic rings. The number of hydrogen-bond donors (Lipinski definition) is 0. The molecule has 7 nitrogen and oxygen atoms in total. The highest BCUT2D eigenvalue weighted by molar-refractivity contribution is 5.88. The van der Waals surface area contributed by atoms with Crippen LogP contribution in [0.15, 0.2) is 44.0 Å². The number of rotatable bonds is 4. The number of aryl methyl sites for hydroxylation is 1. The van der Waals surface area contributed by atoms with E-state index in [0.29, 0.717) is 11.1 Å². The quantitative estimate of drug-likeness (QED) is 0.522. The van der Waals surface area contributed by atoms with E-state index in [4.69, 9.17) is 18.3 Å². The summed E-state index contributed by atoms with van der Waals surface area (Å²) in [5.41, 5.74) is 0.184. The van der Waals surface area contributed by atoms with Crippen LogP contribution in [0.5, 0.6) is 5.75 Å². The van der Waals surface area contributed by atoms with Gasteiger partial charge in [0.2, 0.25) is 11.2 Å². The Morgan fingerprint density at radius 1 is 1.12 bits per heavy atom. The Morgan fingerprint density at radius 3 is 2.58 bits per heavy atom. The van der Waals surface area contributed by atoms with Crippen LogP contribution in [-0.2, 0) is 9.53 Å². The van der Waals surface area contributed by atoms with E-state index in [1.165, 1.54) is 37.3 Å². The number of ether oxygens (including phenoxy) is 2. The van der Waals surface area contributed by atoms with Crippen LogP contribution in [0.1, 0.15) is 30.2 Å². The second-order valence-corrected chi connectivity index (χ2v) is 5.50. The van der Waals surface area contributed by atoms with Crippen molar-refractivity contribution in [3.63, 3.8) is 0 Å². The fourth-order valence-electron chi connectivity index (χ4n) is 2.58. The zero-order valence-corrected chi connectivity index (χ0v) is 14.5. The molecule has 0 atom stereocenters. The lowest BCUT2D eigenvalue weighted by Crippen LogP contribution is -2.08. The van der Waals surface area contributed by atoms with E-state index in [-0.39, 0.29) is 40.5 Å². The van der Waals surface area contributed by atoms with Crippen molar-refractivity contribution in [3.8, 4) is 17.1 Å². The monoisotopic (exact) mass is 356 g/mol. The lowest BCUT2D eigenvalue weighted by molar-refractivity contribution is -0.131. The van der Waals surface area contributed by atoms with Crippen LogP contribution in [0.2, 0.25) is 0 Å². The maximum Gasteiger partial charge on any atom is 0.374 e. The molecule has 2 heterocycles. The summed E-state index contributed by atoms with van der Waals surface area (Å²) in [5, 5.41) is 0.301. The molecule has 0 saturated carbocycles. The molecule has 0 aliphatic carbocycles. The molecule has 0 amide bonds. The summed E-state index contributed by atoms with van der Waals surface area (Å²) in [6.45, 7) is 4.80. The van der Waals surface area contributed by atoms with Crippen LogP contribution in [-0.4, -0.2) is 18.5 Å². The molecule has 0 fully saturated rings. The molecule has 1 aromatic carbocycles. The Morgan fingerprint density at radius 2 is 1.88 bits per heavy atom. The summed E-state index contributed by atoms with van der Waals surface area (Å²) in [4.78, 5) is 35.6. The molecule has 7 heteroatoms. The predicted octanol–water partition coefficient (Wildman–Crippen LogP) is 3.46. The molecular weight excluding hydrogens is 340 g/mol. The fourth-order valence-corrected chi connectivity index (χ4v) is 2.58. The van der Waals surface area contributed by atoms with Gasteiger partial charge in [0.15, 0.2) is 0 Å². The molecular formula is C19H16O7. The first-order valence-electron chi connectivity index (χ1n) is 7.94. The molecule has 0 N–H and O–H groups in total. The summed E-state index contributed by atoms with van der Waals surface area (Å²) in [6, 6.07) is 7.45. The highest BCUT2D eigenvalue weighted by atomic mass is 16.5. The number of carbonyl (C=O) groups is 2. The second-order valence-electron chi connectivity index (χ2n) is 5.50. The largest absolute Gasteiger partial charge is 0.460 e. The van der Waals surface area contributed by atoms with E-state index in [1.54, 1.807) is 13.8 Å². The Hall–Kier alpha value is -3.35. The van der Waals surface area contributed by atoms with Gasteiger partial charge in [-0.3, -0.25) is 9.59 Å². The number of furan rings is 1. The maximum absolute atomic E-state index is 12.8. The fraction of sp³-hybridized carbons (Fsp3) is 0.211. The lowest BCUT2D eigenvalue weighted by Gasteiger charge is -2.06. The molecule has 2 aromatic heterocycles. The third kappa shape index (κ3) is 3.23. The first kappa shape index (κ1) is 17.5. The third-order valence-corrected chi connectivity index (χ3v) is 3.63. The van der Waals surface area contributed by atoms with Gasteiger partial charge in [0.25, 0.3) is 0 Å². The average molecular weight is 356 g/mol. The first-order chi connectivity index (χ1) is 12.4. The van der Waals surface area contributed by atoms with E-state index < -0.39 is 11.9 Å². The van der Waals surface area contributed by atoms with Crippen LogP contribution in [0.25, 0.3) is 22.3 Å². The van der Waals surface area contributed by atoms with E-state index in [9.17, 15) is 14.4 Å². The topological polar surface area (TPSA) is 96.0 Å². The molecule has 3 aromatic rings. The van der Waals surface area contributed by atoms with Crippen molar-refractivity contribution >= 4 is 22.9 Å². The van der Waals surface area contributed by atoms with Gasteiger partial charge in [-0.05, 0) is 38.1 Å². The van der Waals surface area contributed by atoms with Crippen LogP contribution in [0.4, 0.5) is 0 Å². The van der Waals surface area contributed by atoms with Gasteiger partial charge >= 0.3 is 11.9 Å². The van der Waals surface area contributed by atoms with Crippen LogP contribution < -0.4 is 10.2 Å². The summed E-state index contributed by atoms with van der Waals surface area (Å²) in [7, 11) is 0. The van der Waals surface area contributed by atoms with Crippen LogP contribution >= 0.6 is 0 Å². The highest BCUT2D eigenvalue weighted by Crippen LogP contribution is 2.28. The standard InChI is InChI=1S/C19H16O7/c1-4-23-19(22)15-8-7-14(26-15)17-10(2)24-16-9-12(25-11(3)20)5-6-13(16)18(17)21/h5-9H,4H2,1-3H3. The van der Waals surface area contributed by atoms with Crippen molar-refractivity contribution in [3.05, 3.63) is 52.1 Å². The Kier molecular flexibility index (Phi) is 4.62. The van der Waals surface area contributed by atoms with Gasteiger partial charge in [0.05, 0.1) is 12.0 Å². The summed E-state index contributed by atoms with van der Waals surface area (Å²) in [6.07, 6.45) is 0. The smallest absolute Gasteiger partial charge is 0.374 e. The molecule has 26 heavy (non-hydrogen) atoms. The molecule has 0 bridgehead atoms. The SMILES string of the molecule is CCOC(=O)c1ccc(-c2c(C)oc3cc(OC(C)=O)ccc3c2=O)o1. The lowest BCUT2D eigenvalue weighted by atomic mass is 10.1. The minimum atomic E-state index is -0.604. The number of benzene rings is 1. The van der Waals surface area contributed by atoms with E-state index >= 15 is 0 Å². The first-order valence-corrected chi connectivity index (χ1v) is 7.94. The number of esters is 2. The molecule has 0 radical (unpaired) electrons. The average Bonchev–Trinajstić information content (AvgIpc) is 3.04. The van der Waals surface area contributed by atoms with Crippen molar-refractivity contribution < 1.29 is 27.9 Å². The zero-order valence-electron chi connectivity index (χ0n) is 14.5. The Balaban J connectivity index is 2.09. The highest BCUT2D eigenvalue weighted by Gasteiger charge is 2.19. The molecule has 134 valence electrons. The molecule has 3 rings (SSSR count). The van der Waals surface area contributed by atoms with Gasteiger partial charge in [-0.2, -0.15) is 0 Å². The van der Waals surface area contributed by atoms with Crippen molar-refractivity contribution in [2.45, 2.75) is 20.8 Å². The molecule has 0 saturated heterocycles. The van der Waals surface area contributed by atoms with Gasteiger partial charge in [-0.15, -0.1) is 0 Å². The van der Waals surface area contributed by atoms with Gasteiger partial charge in [-0.25, -0.2) is 4.79 Å². The number of carbonyl (C=O) groups excluding carboxylic acids is 2. The minimum Gasteiger partial charge on any atom is -0.460 e. The Labute approximate surface area is 148 Å². The zero-order chi connectivity index (χ0) is 18.8. The van der Waals surface area contributed by atoms with Crippen molar-refractivity contribution in [1.29, 1.82) is 0 Å². The van der Waals surface area contributed by atoms with Crippen molar-refractivity contribution in [2.24, 2.45) is 0 Å². The molecule has 0 unspecified atom stereocenters. The van der Waals surface area contributed by atoms with Gasteiger partial charge in [-0.1, -0.05) is 0 Å². The summed E-state index contributed by atoms with van der Waals surface area (Å²) >= 11 is 0. The van der Waals surface area contributed by atoms with Gasteiger partial charge < -0.3 is 18.3 Å². The van der Waals surface area contributed by atoms with Crippen LogP contribution in [0, 0.1) is 6.92 Å². The van der Waals surface area contributed by atoms with Crippen LogP contribution in [0.3, 0.4) is 0 Å². The van der Waals surface area contributed by atoms with Crippen molar-refractivity contribution in [1.82, 2.24) is 0 Å². The van der Waals surface area contributed by atoms with Gasteiger partial charge in [0.1, 0.15) is 28.4 Å². The maximum atomic E-state index is 12.8. The van der Waals surface area contributed by atoms with E-state index in [1.807, 2.05) is 0 Å². The van der Waals surface area contributed by atoms with Crippen molar-refractivity contribution in [2.75, 3.05) is 6.61 Å². The molecule has 0 aliphatic heterocycles. The van der Waals surface area contributed by atoms with E-state index in [2.05, 4.69) is 0 Å². The third-order valence-electron chi connectivity index (χ3n) is 3.63. The number of fused-ring (bicyclic) bond motifs is 1. The van der Waals surface area contributed by atoms with Gasteiger partial charge in [0, 0.05) is 13.0 Å². The second kappa shape index (κ2) is 6.87.